The average Bonchev–Trinajstić information content (AvgIpc) is 2.37. The fourth-order valence-electron chi connectivity index (χ4n) is 1.46. The zero-order valence-corrected chi connectivity index (χ0v) is 10.7. The summed E-state index contributed by atoms with van der Waals surface area (Å²) in [6.07, 6.45) is 0.970. The molecule has 0 radical (unpaired) electrons. The molecule has 19 heavy (non-hydrogen) atoms. The Labute approximate surface area is 111 Å². The first-order valence-electron chi connectivity index (χ1n) is 5.98. The number of nitrogens with zero attached hydrogens (tertiary/aromatic N) is 2. The minimum absolute atomic E-state index is 0.0814. The van der Waals surface area contributed by atoms with Gasteiger partial charge in [-0.1, -0.05) is 6.92 Å². The van der Waals surface area contributed by atoms with Gasteiger partial charge in [0, 0.05) is 6.07 Å². The van der Waals surface area contributed by atoms with Crippen molar-refractivity contribution in [3.8, 4) is 17.4 Å². The van der Waals surface area contributed by atoms with Gasteiger partial charge in [-0.15, -0.1) is 0 Å². The third-order valence-electron chi connectivity index (χ3n) is 2.26. The van der Waals surface area contributed by atoms with Crippen LogP contribution in [0.25, 0.3) is 0 Å². The molecule has 0 aliphatic rings. The van der Waals surface area contributed by atoms with E-state index in [1.807, 2.05) is 12.1 Å². The van der Waals surface area contributed by atoms with Gasteiger partial charge in [-0.3, -0.25) is 0 Å². The molecule has 0 saturated carbocycles. The largest absolute Gasteiger partial charge is 0.494 e. The number of benzene rings is 1. The van der Waals surface area contributed by atoms with Crippen LogP contribution >= 0.6 is 0 Å². The van der Waals surface area contributed by atoms with Gasteiger partial charge in [-0.05, 0) is 30.7 Å². The monoisotopic (exact) mass is 260 g/mol. The fraction of sp³-hybridized carbons (Fsp3) is 0.231. The topological polar surface area (TPSA) is 96.3 Å². The van der Waals surface area contributed by atoms with Gasteiger partial charge in [0.05, 0.1) is 6.61 Å². The molecule has 2 rings (SSSR count). The predicted octanol–water partition coefficient (Wildman–Crippen LogP) is 2.22. The van der Waals surface area contributed by atoms with E-state index in [1.165, 1.54) is 6.07 Å². The summed E-state index contributed by atoms with van der Waals surface area (Å²) in [6.45, 7) is 2.75. The molecule has 0 aliphatic carbocycles. The number of hydrogen-bond acceptors (Lipinski definition) is 6. The van der Waals surface area contributed by atoms with Gasteiger partial charge in [-0.2, -0.15) is 9.97 Å². The van der Waals surface area contributed by atoms with Crippen LogP contribution in [0.1, 0.15) is 13.3 Å². The first-order chi connectivity index (χ1) is 9.17. The van der Waals surface area contributed by atoms with E-state index in [2.05, 4.69) is 16.9 Å². The second-order valence-corrected chi connectivity index (χ2v) is 3.91. The van der Waals surface area contributed by atoms with E-state index in [4.69, 9.17) is 20.9 Å². The Hall–Kier alpha value is -2.50. The molecule has 0 spiro atoms. The number of hydrogen-bond donors (Lipinski definition) is 2. The van der Waals surface area contributed by atoms with E-state index in [1.54, 1.807) is 12.1 Å². The Bertz CT molecular complexity index is 523. The van der Waals surface area contributed by atoms with Crippen LogP contribution in [0.2, 0.25) is 0 Å². The predicted molar refractivity (Wildman–Crippen MR) is 73.2 cm³/mol. The first kappa shape index (κ1) is 12.9. The van der Waals surface area contributed by atoms with Crippen molar-refractivity contribution < 1.29 is 9.47 Å². The number of nitrogen functional groups attached to an aromatic ring is 2. The third kappa shape index (κ3) is 3.74. The summed E-state index contributed by atoms with van der Waals surface area (Å²) in [7, 11) is 0. The minimum atomic E-state index is 0.0814. The van der Waals surface area contributed by atoms with Gasteiger partial charge in [-0.25, -0.2) is 0 Å². The standard InChI is InChI=1S/C13H16N4O2/c1-2-7-18-9-3-5-10(6-4-9)19-12-8-11(14)16-13(15)17-12/h3-6,8H,2,7H2,1H3,(H4,14,15,16,17). The molecular formula is C13H16N4O2. The molecule has 1 heterocycles. The second kappa shape index (κ2) is 5.90. The summed E-state index contributed by atoms with van der Waals surface area (Å²) < 4.78 is 11.0. The fourth-order valence-corrected chi connectivity index (χ4v) is 1.46. The smallest absolute Gasteiger partial charge is 0.226 e. The second-order valence-electron chi connectivity index (χ2n) is 3.91. The van der Waals surface area contributed by atoms with Crippen LogP contribution in [0.5, 0.6) is 17.4 Å². The summed E-state index contributed by atoms with van der Waals surface area (Å²) in [5.41, 5.74) is 11.1. The Morgan fingerprint density at radius 3 is 2.37 bits per heavy atom. The van der Waals surface area contributed by atoms with Crippen molar-refractivity contribution in [1.82, 2.24) is 9.97 Å². The first-order valence-corrected chi connectivity index (χ1v) is 5.98. The van der Waals surface area contributed by atoms with Gasteiger partial charge < -0.3 is 20.9 Å². The number of anilines is 2. The van der Waals surface area contributed by atoms with E-state index in [0.717, 1.165) is 12.2 Å². The molecule has 0 fully saturated rings. The third-order valence-corrected chi connectivity index (χ3v) is 2.26. The molecule has 2 aromatic rings. The summed E-state index contributed by atoms with van der Waals surface area (Å²) in [5.74, 6) is 2.09. The lowest BCUT2D eigenvalue weighted by molar-refractivity contribution is 0.317. The van der Waals surface area contributed by atoms with Crippen LogP contribution in [0.4, 0.5) is 11.8 Å². The molecule has 100 valence electrons. The maximum atomic E-state index is 5.56. The summed E-state index contributed by atoms with van der Waals surface area (Å²) >= 11 is 0. The molecule has 6 heteroatoms. The maximum absolute atomic E-state index is 5.56. The molecule has 0 aliphatic heterocycles. The van der Waals surface area contributed by atoms with Crippen LogP contribution in [-0.4, -0.2) is 16.6 Å². The Balaban J connectivity index is 2.06. The highest BCUT2D eigenvalue weighted by Gasteiger charge is 2.03. The normalized spacial score (nSPS) is 10.2. The van der Waals surface area contributed by atoms with Crippen molar-refractivity contribution >= 4 is 11.8 Å². The van der Waals surface area contributed by atoms with Crippen LogP contribution < -0.4 is 20.9 Å². The van der Waals surface area contributed by atoms with Crippen molar-refractivity contribution in [1.29, 1.82) is 0 Å². The van der Waals surface area contributed by atoms with Crippen molar-refractivity contribution in [2.45, 2.75) is 13.3 Å². The van der Waals surface area contributed by atoms with Gasteiger partial charge in [0.2, 0.25) is 11.8 Å². The van der Waals surface area contributed by atoms with E-state index in [-0.39, 0.29) is 11.8 Å². The van der Waals surface area contributed by atoms with Crippen molar-refractivity contribution in [2.24, 2.45) is 0 Å². The molecule has 0 bridgehead atoms. The highest BCUT2D eigenvalue weighted by molar-refractivity contribution is 5.41. The molecular weight excluding hydrogens is 244 g/mol. The van der Waals surface area contributed by atoms with E-state index < -0.39 is 0 Å². The molecule has 1 aromatic carbocycles. The van der Waals surface area contributed by atoms with Crippen LogP contribution in [0, 0.1) is 0 Å². The zero-order valence-electron chi connectivity index (χ0n) is 10.7. The number of ether oxygens (including phenoxy) is 2. The Morgan fingerprint density at radius 1 is 1.05 bits per heavy atom. The van der Waals surface area contributed by atoms with Crippen LogP contribution in [-0.2, 0) is 0 Å². The van der Waals surface area contributed by atoms with E-state index in [9.17, 15) is 0 Å². The number of aromatic nitrogens is 2. The van der Waals surface area contributed by atoms with Gasteiger partial charge in [0.15, 0.2) is 0 Å². The lowest BCUT2D eigenvalue weighted by atomic mass is 10.3. The molecule has 0 saturated heterocycles. The van der Waals surface area contributed by atoms with Gasteiger partial charge in [0.1, 0.15) is 17.3 Å². The molecule has 0 amide bonds. The zero-order chi connectivity index (χ0) is 13.7. The summed E-state index contributed by atoms with van der Waals surface area (Å²) in [5, 5.41) is 0. The van der Waals surface area contributed by atoms with Gasteiger partial charge >= 0.3 is 0 Å². The van der Waals surface area contributed by atoms with Crippen molar-refractivity contribution in [3.05, 3.63) is 30.3 Å². The van der Waals surface area contributed by atoms with Crippen LogP contribution in [0.3, 0.4) is 0 Å². The Kier molecular flexibility index (Phi) is 4.02. The minimum Gasteiger partial charge on any atom is -0.494 e. The molecule has 0 unspecified atom stereocenters. The van der Waals surface area contributed by atoms with Gasteiger partial charge in [0.25, 0.3) is 0 Å². The molecule has 4 N–H and O–H groups in total. The van der Waals surface area contributed by atoms with Crippen molar-refractivity contribution in [3.63, 3.8) is 0 Å². The van der Waals surface area contributed by atoms with Crippen molar-refractivity contribution in [2.75, 3.05) is 18.1 Å². The molecule has 0 atom stereocenters. The van der Waals surface area contributed by atoms with E-state index in [0.29, 0.717) is 18.2 Å². The average molecular weight is 260 g/mol. The lowest BCUT2D eigenvalue weighted by Crippen LogP contribution is -2.00. The van der Waals surface area contributed by atoms with Crippen LogP contribution in [0.15, 0.2) is 30.3 Å². The molecule has 6 nitrogen and oxygen atoms in total. The van der Waals surface area contributed by atoms with E-state index >= 15 is 0 Å². The number of rotatable bonds is 5. The highest BCUT2D eigenvalue weighted by Crippen LogP contribution is 2.23. The lowest BCUT2D eigenvalue weighted by Gasteiger charge is -2.07. The highest BCUT2D eigenvalue weighted by atomic mass is 16.5. The summed E-state index contributed by atoms with van der Waals surface area (Å²) in [6, 6.07) is 8.76. The quantitative estimate of drug-likeness (QED) is 0.855. The Morgan fingerprint density at radius 2 is 1.74 bits per heavy atom. The number of nitrogens with two attached hydrogens (primary N) is 2. The maximum Gasteiger partial charge on any atom is 0.226 e. The SMILES string of the molecule is CCCOc1ccc(Oc2cc(N)nc(N)n2)cc1. The summed E-state index contributed by atoms with van der Waals surface area (Å²) in [4.78, 5) is 7.70. The molecule has 1 aromatic heterocycles.